The zero-order chi connectivity index (χ0) is 45.6. The lowest BCUT2D eigenvalue weighted by Crippen LogP contribution is -2.36. The summed E-state index contributed by atoms with van der Waals surface area (Å²) in [6, 6.07) is 28.8. The van der Waals surface area contributed by atoms with Gasteiger partial charge in [0.2, 0.25) is 0 Å². The van der Waals surface area contributed by atoms with Crippen LogP contribution >= 0.6 is 0 Å². The van der Waals surface area contributed by atoms with Crippen molar-refractivity contribution in [2.45, 2.75) is 78.2 Å². The van der Waals surface area contributed by atoms with Crippen LogP contribution in [0.15, 0.2) is 132 Å². The van der Waals surface area contributed by atoms with Gasteiger partial charge in [0.1, 0.15) is 17.6 Å². The predicted molar refractivity (Wildman–Crippen MR) is 245 cm³/mol. The monoisotopic (exact) mass is 858 g/mol. The molecular formula is C50H58N4O9. The summed E-state index contributed by atoms with van der Waals surface area (Å²) in [5.74, 6) is -2.51. The molecule has 0 saturated heterocycles. The van der Waals surface area contributed by atoms with E-state index in [1.54, 1.807) is 64.1 Å². The minimum Gasteiger partial charge on any atom is -0.506 e. The molecule has 0 aliphatic carbocycles. The molecule has 13 nitrogen and oxygen atoms in total. The van der Waals surface area contributed by atoms with Crippen molar-refractivity contribution in [3.05, 3.63) is 160 Å². The highest BCUT2D eigenvalue weighted by Gasteiger charge is 2.29. The molecule has 0 unspecified atom stereocenters. The average Bonchev–Trinajstić information content (AvgIpc) is 3.26. The first-order valence-corrected chi connectivity index (χ1v) is 20.7. The summed E-state index contributed by atoms with van der Waals surface area (Å²) >= 11 is 0. The van der Waals surface area contributed by atoms with E-state index in [2.05, 4.69) is 39.8 Å². The smallest absolute Gasteiger partial charge is 0.405 e. The van der Waals surface area contributed by atoms with Crippen molar-refractivity contribution in [2.75, 3.05) is 24.9 Å². The summed E-state index contributed by atoms with van der Waals surface area (Å²) in [5, 5.41) is 40.1. The number of aromatic hydroxyl groups is 2. The Morgan fingerprint density at radius 1 is 0.873 bits per heavy atom. The number of anilines is 2. The van der Waals surface area contributed by atoms with E-state index in [1.165, 1.54) is 31.4 Å². The number of nitrogens with two attached hydrogens (primary N) is 1. The summed E-state index contributed by atoms with van der Waals surface area (Å²) in [7, 11) is 2.89. The number of hydrogen-bond donors (Lipinski definition) is 6. The van der Waals surface area contributed by atoms with Gasteiger partial charge in [0.05, 0.1) is 23.6 Å². The Bertz CT molecular complexity index is 2280. The molecule has 4 aromatic carbocycles. The highest BCUT2D eigenvalue weighted by Crippen LogP contribution is 2.43. The summed E-state index contributed by atoms with van der Waals surface area (Å²) < 4.78 is 16.8. The predicted octanol–water partition coefficient (Wildman–Crippen LogP) is 8.24. The molecule has 5 atom stereocenters. The van der Waals surface area contributed by atoms with Gasteiger partial charge in [-0.05, 0) is 67.7 Å². The van der Waals surface area contributed by atoms with Crippen molar-refractivity contribution in [1.82, 2.24) is 4.90 Å². The normalized spacial score (nSPS) is 20.0. The minimum absolute atomic E-state index is 0.0205. The van der Waals surface area contributed by atoms with Gasteiger partial charge in [0, 0.05) is 62.5 Å². The third-order valence-electron chi connectivity index (χ3n) is 10.9. The quantitative estimate of drug-likeness (QED) is 0.0486. The molecule has 1 aliphatic heterocycles. The van der Waals surface area contributed by atoms with Gasteiger partial charge in [-0.15, -0.1) is 0 Å². The number of phenolic OH excluding ortho intramolecular Hbond substituents is 2. The minimum atomic E-state index is -1.06. The molecule has 4 aromatic rings. The molecule has 63 heavy (non-hydrogen) atoms. The van der Waals surface area contributed by atoms with Crippen LogP contribution in [0.25, 0.3) is 6.08 Å². The molecular weight excluding hydrogens is 801 g/mol. The van der Waals surface area contributed by atoms with Gasteiger partial charge < -0.3 is 45.9 Å². The Morgan fingerprint density at radius 2 is 1.46 bits per heavy atom. The number of methoxy groups -OCH3 is 2. The van der Waals surface area contributed by atoms with E-state index < -0.39 is 59.7 Å². The van der Waals surface area contributed by atoms with E-state index in [1.807, 2.05) is 48.5 Å². The van der Waals surface area contributed by atoms with E-state index in [9.17, 15) is 29.7 Å². The van der Waals surface area contributed by atoms with E-state index in [0.717, 1.165) is 24.7 Å². The number of amides is 3. The standard InChI is InChI=1S/C50H58N4O9/c1-31-24-39-44(53-49(59)38-22-20-37(21-23-38)30-54(28-35-15-9-7-10-16-35)29-36-17-11-8-12-18-36)41(55)27-40(46(39)57)52-48(58)32(2)14-13-19-42(61-5)47(63-50(51)60)34(4)26-33(3)45(56)43(25-31)62-6/h7-24,26-27,33,42-43,45,47,55-57H,25,28-30H2,1-6H3,(H2,51,60)(H,52,58)(H,53,59)/t33-,42-,43-,45+,47-/m0/s1. The summed E-state index contributed by atoms with van der Waals surface area (Å²) in [5.41, 5.74) is 10.2. The van der Waals surface area contributed by atoms with Crippen LogP contribution in [0.1, 0.15) is 66.7 Å². The van der Waals surface area contributed by atoms with Crippen molar-refractivity contribution in [3.63, 3.8) is 0 Å². The Kier molecular flexibility index (Phi) is 17.0. The van der Waals surface area contributed by atoms with Crippen molar-refractivity contribution in [3.8, 4) is 11.5 Å². The van der Waals surface area contributed by atoms with Gasteiger partial charge in [-0.1, -0.05) is 110 Å². The van der Waals surface area contributed by atoms with E-state index in [4.69, 9.17) is 19.9 Å². The fraction of sp³-hybridized carbons (Fsp3) is 0.300. The number of rotatable bonds is 11. The fourth-order valence-corrected chi connectivity index (χ4v) is 7.47. The summed E-state index contributed by atoms with van der Waals surface area (Å²) in [6.07, 6.45) is 3.45. The topological polar surface area (TPSA) is 193 Å². The number of ether oxygens (including phenoxy) is 3. The number of phenols is 2. The first kappa shape index (κ1) is 47.5. The van der Waals surface area contributed by atoms with Gasteiger partial charge in [0.25, 0.3) is 11.8 Å². The van der Waals surface area contributed by atoms with Gasteiger partial charge >= 0.3 is 6.09 Å². The SMILES string of the molecule is CO[C@H]1C=CC=C(C)C(=O)Nc2cc(O)c(NC(=O)c3ccc(CN(Cc4ccccc4)Cc4ccccc4)cc3)c(c2O)C=C(C)C[C@H](OC)[C@H](O)[C@@H](C)C=C(C)[C@@H]1OC(N)=O. The van der Waals surface area contributed by atoms with Gasteiger partial charge in [-0.3, -0.25) is 14.5 Å². The van der Waals surface area contributed by atoms with Crippen molar-refractivity contribution < 1.29 is 43.9 Å². The second-order valence-electron chi connectivity index (χ2n) is 15.8. The number of carbonyl (C=O) groups is 3. The van der Waals surface area contributed by atoms with Crippen molar-refractivity contribution >= 4 is 35.4 Å². The molecule has 332 valence electrons. The van der Waals surface area contributed by atoms with Gasteiger partial charge in [-0.25, -0.2) is 4.79 Å². The summed E-state index contributed by atoms with van der Waals surface area (Å²) in [4.78, 5) is 41.5. The average molecular weight is 859 g/mol. The number of aliphatic hydroxyl groups excluding tert-OH is 1. The molecule has 0 saturated carbocycles. The Balaban J connectivity index is 1.46. The van der Waals surface area contributed by atoms with Crippen molar-refractivity contribution in [2.24, 2.45) is 11.7 Å². The van der Waals surface area contributed by atoms with E-state index >= 15 is 0 Å². The lowest BCUT2D eigenvalue weighted by Gasteiger charge is -2.28. The molecule has 5 rings (SSSR count). The number of carbonyl (C=O) groups excluding carboxylic acids is 3. The molecule has 0 spiro atoms. The number of primary amides is 1. The number of aliphatic hydroxyl groups is 1. The number of benzene rings is 4. The molecule has 0 fully saturated rings. The number of nitrogens with zero attached hydrogens (tertiary/aromatic N) is 1. The lowest BCUT2D eigenvalue weighted by atomic mass is 9.91. The Hall–Kier alpha value is -6.51. The largest absolute Gasteiger partial charge is 0.506 e. The second-order valence-corrected chi connectivity index (χ2v) is 15.8. The molecule has 0 radical (unpaired) electrons. The highest BCUT2D eigenvalue weighted by molar-refractivity contribution is 6.09. The van der Waals surface area contributed by atoms with Crippen LogP contribution in [0.4, 0.5) is 16.2 Å². The molecule has 3 amide bonds. The van der Waals surface area contributed by atoms with E-state index in [-0.39, 0.29) is 28.9 Å². The second kappa shape index (κ2) is 22.5. The molecule has 2 bridgehead atoms. The van der Waals surface area contributed by atoms with Crippen LogP contribution in [-0.4, -0.2) is 76.8 Å². The number of allylic oxidation sites excluding steroid dienone is 2. The van der Waals surface area contributed by atoms with Crippen LogP contribution in [0, 0.1) is 5.92 Å². The van der Waals surface area contributed by atoms with Gasteiger partial charge in [0.15, 0.2) is 6.10 Å². The van der Waals surface area contributed by atoms with Crippen LogP contribution in [0.3, 0.4) is 0 Å². The molecule has 7 N–H and O–H groups in total. The molecule has 1 heterocycles. The molecule has 0 aromatic heterocycles. The zero-order valence-electron chi connectivity index (χ0n) is 36.6. The number of hydrogen-bond acceptors (Lipinski definition) is 10. The Labute approximate surface area is 369 Å². The third-order valence-corrected chi connectivity index (χ3v) is 10.9. The maximum atomic E-state index is 13.9. The van der Waals surface area contributed by atoms with Crippen LogP contribution in [0.5, 0.6) is 11.5 Å². The maximum absolute atomic E-state index is 13.9. The fourth-order valence-electron chi connectivity index (χ4n) is 7.47. The van der Waals surface area contributed by atoms with Crippen molar-refractivity contribution in [1.29, 1.82) is 0 Å². The van der Waals surface area contributed by atoms with E-state index in [0.29, 0.717) is 23.3 Å². The maximum Gasteiger partial charge on any atom is 0.405 e. The summed E-state index contributed by atoms with van der Waals surface area (Å²) in [6.45, 7) is 8.87. The van der Waals surface area contributed by atoms with Gasteiger partial charge in [-0.2, -0.15) is 0 Å². The molecule has 1 aliphatic rings. The molecule has 13 heteroatoms. The lowest BCUT2D eigenvalue weighted by molar-refractivity contribution is -0.112. The van der Waals surface area contributed by atoms with Crippen LogP contribution < -0.4 is 16.4 Å². The number of fused-ring (bicyclic) bond motifs is 2. The van der Waals surface area contributed by atoms with Crippen LogP contribution in [-0.2, 0) is 38.6 Å². The van der Waals surface area contributed by atoms with Crippen LogP contribution in [0.2, 0.25) is 0 Å². The first-order chi connectivity index (χ1) is 30.2. The highest BCUT2D eigenvalue weighted by atomic mass is 16.6. The third kappa shape index (κ3) is 13.2. The number of nitrogens with one attached hydrogen (secondary N) is 2. The first-order valence-electron chi connectivity index (χ1n) is 20.7. The Morgan fingerprint density at radius 3 is 2.02 bits per heavy atom. The zero-order valence-corrected chi connectivity index (χ0v) is 36.6.